The molecule has 8 heteroatoms. The lowest BCUT2D eigenvalue weighted by molar-refractivity contribution is 0.414. The standard InChI is InChI=1S/C11H16N4O2S2/c1-15-4-3-7(6-15)14-11-10(19(2,16)17)9(13)8(5-12)18-11/h7,14H,3-4,6,13H2,1-2H3. The molecule has 0 aliphatic carbocycles. The molecule has 19 heavy (non-hydrogen) atoms. The highest BCUT2D eigenvalue weighted by atomic mass is 32.2. The van der Waals surface area contributed by atoms with E-state index in [-0.39, 0.29) is 21.5 Å². The lowest BCUT2D eigenvalue weighted by Gasteiger charge is -2.13. The van der Waals surface area contributed by atoms with E-state index < -0.39 is 9.84 Å². The molecule has 3 N–H and O–H groups in total. The van der Waals surface area contributed by atoms with Crippen molar-refractivity contribution in [2.24, 2.45) is 0 Å². The first-order valence-electron chi connectivity index (χ1n) is 5.80. The van der Waals surface area contributed by atoms with Crippen molar-refractivity contribution in [1.29, 1.82) is 5.26 Å². The molecule has 1 saturated heterocycles. The van der Waals surface area contributed by atoms with Gasteiger partial charge in [0.1, 0.15) is 20.8 Å². The molecule has 1 atom stereocenters. The minimum Gasteiger partial charge on any atom is -0.396 e. The Morgan fingerprint density at radius 1 is 1.58 bits per heavy atom. The van der Waals surface area contributed by atoms with Crippen LogP contribution in [0.25, 0.3) is 0 Å². The van der Waals surface area contributed by atoms with Crippen molar-refractivity contribution in [3.63, 3.8) is 0 Å². The number of nitrogens with one attached hydrogen (secondary N) is 1. The van der Waals surface area contributed by atoms with Crippen LogP contribution < -0.4 is 11.1 Å². The normalized spacial score (nSPS) is 20.4. The molecule has 1 aliphatic rings. The summed E-state index contributed by atoms with van der Waals surface area (Å²) in [4.78, 5) is 2.47. The Morgan fingerprint density at radius 2 is 2.26 bits per heavy atom. The molecule has 1 fully saturated rings. The van der Waals surface area contributed by atoms with Crippen molar-refractivity contribution in [3.8, 4) is 6.07 Å². The molecule has 104 valence electrons. The lowest BCUT2D eigenvalue weighted by Crippen LogP contribution is -2.23. The van der Waals surface area contributed by atoms with Crippen LogP contribution in [-0.2, 0) is 9.84 Å². The van der Waals surface area contributed by atoms with Crippen molar-refractivity contribution in [2.75, 3.05) is 37.4 Å². The zero-order valence-electron chi connectivity index (χ0n) is 10.8. The molecule has 1 aromatic rings. The summed E-state index contributed by atoms with van der Waals surface area (Å²) in [6.07, 6.45) is 2.05. The summed E-state index contributed by atoms with van der Waals surface area (Å²) < 4.78 is 23.6. The Morgan fingerprint density at radius 3 is 2.74 bits per heavy atom. The quantitative estimate of drug-likeness (QED) is 0.853. The second-order valence-corrected chi connectivity index (χ2v) is 7.75. The van der Waals surface area contributed by atoms with Gasteiger partial charge in [0.2, 0.25) is 0 Å². The number of rotatable bonds is 3. The Hall–Kier alpha value is -1.30. The van der Waals surface area contributed by atoms with Gasteiger partial charge in [-0.05, 0) is 20.0 Å². The molecule has 1 aliphatic heterocycles. The number of sulfone groups is 1. The van der Waals surface area contributed by atoms with Gasteiger partial charge in [-0.15, -0.1) is 11.3 Å². The number of anilines is 2. The zero-order chi connectivity index (χ0) is 14.2. The third kappa shape index (κ3) is 2.83. The highest BCUT2D eigenvalue weighted by Gasteiger charge is 2.27. The van der Waals surface area contributed by atoms with Gasteiger partial charge in [-0.1, -0.05) is 0 Å². The number of thiophene rings is 1. The Labute approximate surface area is 116 Å². The summed E-state index contributed by atoms with van der Waals surface area (Å²) in [7, 11) is -1.43. The fraction of sp³-hybridized carbons (Fsp3) is 0.545. The molecule has 0 aromatic carbocycles. The maximum atomic E-state index is 11.8. The van der Waals surface area contributed by atoms with Gasteiger partial charge in [0.05, 0.1) is 5.69 Å². The zero-order valence-corrected chi connectivity index (χ0v) is 12.4. The van der Waals surface area contributed by atoms with Crippen molar-refractivity contribution in [2.45, 2.75) is 17.4 Å². The number of nitrogens with two attached hydrogens (primary N) is 1. The van der Waals surface area contributed by atoms with Gasteiger partial charge in [-0.25, -0.2) is 8.42 Å². The van der Waals surface area contributed by atoms with Crippen LogP contribution in [-0.4, -0.2) is 45.8 Å². The average Bonchev–Trinajstić information content (AvgIpc) is 2.82. The summed E-state index contributed by atoms with van der Waals surface area (Å²) in [6, 6.07) is 2.13. The first kappa shape index (κ1) is 14.1. The molecule has 1 aromatic heterocycles. The molecule has 0 amide bonds. The fourth-order valence-electron chi connectivity index (χ4n) is 2.21. The van der Waals surface area contributed by atoms with E-state index in [0.717, 1.165) is 37.1 Å². The minimum atomic E-state index is -3.45. The molecule has 2 heterocycles. The summed E-state index contributed by atoms with van der Waals surface area (Å²) in [5.74, 6) is 0. The fourth-order valence-corrected chi connectivity index (χ4v) is 4.64. The second kappa shape index (κ2) is 5.00. The molecule has 0 radical (unpaired) electrons. The number of nitrogens with zero attached hydrogens (tertiary/aromatic N) is 2. The number of likely N-dealkylation sites (tertiary alicyclic amines) is 1. The number of nitriles is 1. The predicted octanol–water partition coefficient (Wildman–Crippen LogP) is 0.721. The third-order valence-corrected chi connectivity index (χ3v) is 5.43. The van der Waals surface area contributed by atoms with Crippen molar-refractivity contribution in [1.82, 2.24) is 4.90 Å². The number of likely N-dealkylation sites (N-methyl/N-ethyl adjacent to an activating group) is 1. The molecule has 0 spiro atoms. The largest absolute Gasteiger partial charge is 0.396 e. The molecule has 0 saturated carbocycles. The number of hydrogen-bond acceptors (Lipinski definition) is 7. The van der Waals surface area contributed by atoms with Crippen molar-refractivity contribution >= 4 is 31.9 Å². The maximum Gasteiger partial charge on any atom is 0.180 e. The van der Waals surface area contributed by atoms with E-state index in [0.29, 0.717) is 5.00 Å². The Kier molecular flexibility index (Phi) is 3.71. The van der Waals surface area contributed by atoms with Crippen LogP contribution in [0.2, 0.25) is 0 Å². The average molecular weight is 300 g/mol. The van der Waals surface area contributed by atoms with Gasteiger partial charge in [-0.3, -0.25) is 0 Å². The Balaban J connectivity index is 2.37. The van der Waals surface area contributed by atoms with E-state index in [4.69, 9.17) is 11.0 Å². The van der Waals surface area contributed by atoms with Crippen molar-refractivity contribution in [3.05, 3.63) is 4.88 Å². The van der Waals surface area contributed by atoms with Gasteiger partial charge in [0, 0.05) is 18.8 Å². The van der Waals surface area contributed by atoms with E-state index in [2.05, 4.69) is 10.2 Å². The van der Waals surface area contributed by atoms with Crippen LogP contribution in [0, 0.1) is 11.3 Å². The lowest BCUT2D eigenvalue weighted by atomic mass is 10.2. The van der Waals surface area contributed by atoms with Crippen LogP contribution in [0.5, 0.6) is 0 Å². The highest BCUT2D eigenvalue weighted by molar-refractivity contribution is 7.91. The summed E-state index contributed by atoms with van der Waals surface area (Å²) in [5.41, 5.74) is 5.82. The molecule has 1 unspecified atom stereocenters. The maximum absolute atomic E-state index is 11.8. The topological polar surface area (TPSA) is 99.2 Å². The van der Waals surface area contributed by atoms with Gasteiger partial charge in [-0.2, -0.15) is 5.26 Å². The first-order valence-corrected chi connectivity index (χ1v) is 8.51. The van der Waals surface area contributed by atoms with E-state index in [9.17, 15) is 8.42 Å². The van der Waals surface area contributed by atoms with E-state index in [1.54, 1.807) is 0 Å². The molecular weight excluding hydrogens is 284 g/mol. The van der Waals surface area contributed by atoms with E-state index in [1.807, 2.05) is 13.1 Å². The Bertz CT molecular complexity index is 630. The van der Waals surface area contributed by atoms with Gasteiger partial charge in [0.15, 0.2) is 9.84 Å². The van der Waals surface area contributed by atoms with Gasteiger partial charge < -0.3 is 16.0 Å². The molecular formula is C11H16N4O2S2. The van der Waals surface area contributed by atoms with Crippen molar-refractivity contribution < 1.29 is 8.42 Å². The van der Waals surface area contributed by atoms with Crippen LogP contribution >= 0.6 is 11.3 Å². The van der Waals surface area contributed by atoms with Crippen LogP contribution in [0.3, 0.4) is 0 Å². The monoisotopic (exact) mass is 300 g/mol. The number of hydrogen-bond donors (Lipinski definition) is 2. The number of nitrogen functional groups attached to an aromatic ring is 1. The van der Waals surface area contributed by atoms with Crippen LogP contribution in [0.4, 0.5) is 10.7 Å². The predicted molar refractivity (Wildman–Crippen MR) is 76.1 cm³/mol. The highest BCUT2D eigenvalue weighted by Crippen LogP contribution is 2.39. The molecule has 2 rings (SSSR count). The van der Waals surface area contributed by atoms with Gasteiger partial charge in [0.25, 0.3) is 0 Å². The second-order valence-electron chi connectivity index (χ2n) is 4.78. The van der Waals surface area contributed by atoms with Crippen LogP contribution in [0.1, 0.15) is 11.3 Å². The molecule has 0 bridgehead atoms. The summed E-state index contributed by atoms with van der Waals surface area (Å²) >= 11 is 1.11. The summed E-state index contributed by atoms with van der Waals surface area (Å²) in [6.45, 7) is 1.82. The SMILES string of the molecule is CN1CCC(Nc2sc(C#N)c(N)c2S(C)(=O)=O)C1. The van der Waals surface area contributed by atoms with Crippen LogP contribution in [0.15, 0.2) is 4.90 Å². The van der Waals surface area contributed by atoms with E-state index >= 15 is 0 Å². The van der Waals surface area contributed by atoms with Gasteiger partial charge >= 0.3 is 0 Å². The molecule has 6 nitrogen and oxygen atoms in total. The smallest absolute Gasteiger partial charge is 0.180 e. The first-order chi connectivity index (χ1) is 8.82. The minimum absolute atomic E-state index is 0.0589. The summed E-state index contributed by atoms with van der Waals surface area (Å²) in [5, 5.41) is 12.7. The third-order valence-electron chi connectivity index (χ3n) is 3.10. The van der Waals surface area contributed by atoms with E-state index in [1.165, 1.54) is 0 Å².